The second-order valence-electron chi connectivity index (χ2n) is 4.17. The van der Waals surface area contributed by atoms with Crippen molar-refractivity contribution in [1.82, 2.24) is 15.0 Å². The van der Waals surface area contributed by atoms with Crippen LogP contribution < -0.4 is 10.1 Å². The molecular formula is C13H18N4O. The van der Waals surface area contributed by atoms with Gasteiger partial charge < -0.3 is 10.1 Å². The van der Waals surface area contributed by atoms with E-state index in [0.717, 1.165) is 17.1 Å². The van der Waals surface area contributed by atoms with Gasteiger partial charge in [0.1, 0.15) is 11.4 Å². The van der Waals surface area contributed by atoms with E-state index in [0.29, 0.717) is 13.2 Å². The summed E-state index contributed by atoms with van der Waals surface area (Å²) in [5.41, 5.74) is 3.07. The van der Waals surface area contributed by atoms with Gasteiger partial charge in [-0.1, -0.05) is 11.3 Å². The summed E-state index contributed by atoms with van der Waals surface area (Å²) in [4.78, 5) is 0. The van der Waals surface area contributed by atoms with Crippen molar-refractivity contribution in [3.63, 3.8) is 0 Å². The molecule has 0 saturated carbocycles. The first kappa shape index (κ1) is 12.4. The van der Waals surface area contributed by atoms with Crippen molar-refractivity contribution in [2.45, 2.75) is 20.4 Å². The molecule has 0 aliphatic carbocycles. The fourth-order valence-electron chi connectivity index (χ4n) is 1.71. The van der Waals surface area contributed by atoms with Crippen LogP contribution in [0.25, 0.3) is 0 Å². The number of nitrogens with zero attached hydrogens (tertiary/aromatic N) is 3. The molecule has 0 radical (unpaired) electrons. The van der Waals surface area contributed by atoms with E-state index in [9.17, 15) is 0 Å². The van der Waals surface area contributed by atoms with Crippen LogP contribution >= 0.6 is 0 Å². The van der Waals surface area contributed by atoms with E-state index < -0.39 is 0 Å². The van der Waals surface area contributed by atoms with Crippen LogP contribution in [0.4, 0.5) is 5.69 Å². The van der Waals surface area contributed by atoms with Crippen molar-refractivity contribution in [1.29, 1.82) is 0 Å². The third kappa shape index (κ3) is 3.00. The van der Waals surface area contributed by atoms with Crippen LogP contribution in [0.15, 0.2) is 24.4 Å². The molecular weight excluding hydrogens is 228 g/mol. The summed E-state index contributed by atoms with van der Waals surface area (Å²) in [5, 5.41) is 11.2. The van der Waals surface area contributed by atoms with E-state index in [1.165, 1.54) is 5.56 Å². The number of hydrogen-bond acceptors (Lipinski definition) is 4. The summed E-state index contributed by atoms with van der Waals surface area (Å²) in [6.45, 7) is 5.32. The molecule has 1 aromatic carbocycles. The molecule has 2 rings (SSSR count). The summed E-state index contributed by atoms with van der Waals surface area (Å²) >= 11 is 0. The van der Waals surface area contributed by atoms with Gasteiger partial charge in [-0.05, 0) is 31.5 Å². The molecule has 18 heavy (non-hydrogen) atoms. The lowest BCUT2D eigenvalue weighted by Gasteiger charge is -2.12. The highest BCUT2D eigenvalue weighted by Crippen LogP contribution is 2.26. The Bertz CT molecular complexity index is 521. The Kier molecular flexibility index (Phi) is 3.82. The molecule has 0 aliphatic heterocycles. The molecule has 1 aromatic heterocycles. The third-order valence-corrected chi connectivity index (χ3v) is 2.55. The largest absolute Gasteiger partial charge is 0.492 e. The Hall–Kier alpha value is -2.04. The number of hydrogen-bond donors (Lipinski definition) is 1. The highest BCUT2D eigenvalue weighted by atomic mass is 16.5. The molecule has 96 valence electrons. The number of anilines is 1. The molecule has 0 amide bonds. The average Bonchev–Trinajstić information content (AvgIpc) is 2.75. The maximum Gasteiger partial charge on any atom is 0.142 e. The van der Waals surface area contributed by atoms with Crippen LogP contribution in [0, 0.1) is 6.92 Å². The molecule has 2 aromatic rings. The Morgan fingerprint density at radius 1 is 1.39 bits per heavy atom. The Balaban J connectivity index is 2.08. The van der Waals surface area contributed by atoms with Crippen LogP contribution in [0.2, 0.25) is 0 Å². The minimum atomic E-state index is 0.636. The summed E-state index contributed by atoms with van der Waals surface area (Å²) < 4.78 is 7.30. The summed E-state index contributed by atoms with van der Waals surface area (Å²) in [7, 11) is 1.86. The molecule has 1 N–H and O–H groups in total. The van der Waals surface area contributed by atoms with Gasteiger partial charge in [0.05, 0.1) is 18.8 Å². The fraction of sp³-hybridized carbons (Fsp3) is 0.385. The van der Waals surface area contributed by atoms with Gasteiger partial charge in [0.15, 0.2) is 0 Å². The predicted octanol–water partition coefficient (Wildman–Crippen LogP) is 2.13. The van der Waals surface area contributed by atoms with Gasteiger partial charge in [0.2, 0.25) is 0 Å². The quantitative estimate of drug-likeness (QED) is 0.878. The lowest BCUT2D eigenvalue weighted by Crippen LogP contribution is -2.03. The summed E-state index contributed by atoms with van der Waals surface area (Å²) in [6, 6.07) is 6.11. The Labute approximate surface area is 107 Å². The summed E-state index contributed by atoms with van der Waals surface area (Å²) in [5.74, 6) is 0.876. The number of aromatic nitrogens is 3. The first-order valence-electron chi connectivity index (χ1n) is 6.01. The first-order valence-corrected chi connectivity index (χ1v) is 6.01. The summed E-state index contributed by atoms with van der Waals surface area (Å²) in [6.07, 6.45) is 1.89. The van der Waals surface area contributed by atoms with Crippen molar-refractivity contribution in [2.24, 2.45) is 7.05 Å². The molecule has 0 spiro atoms. The molecule has 0 saturated heterocycles. The van der Waals surface area contributed by atoms with E-state index >= 15 is 0 Å². The zero-order chi connectivity index (χ0) is 13.0. The van der Waals surface area contributed by atoms with E-state index in [2.05, 4.69) is 28.6 Å². The monoisotopic (exact) mass is 246 g/mol. The zero-order valence-electron chi connectivity index (χ0n) is 11.0. The van der Waals surface area contributed by atoms with Gasteiger partial charge in [-0.2, -0.15) is 0 Å². The maximum absolute atomic E-state index is 5.61. The highest BCUT2D eigenvalue weighted by molar-refractivity contribution is 5.57. The molecule has 1 heterocycles. The van der Waals surface area contributed by atoms with Gasteiger partial charge >= 0.3 is 0 Å². The van der Waals surface area contributed by atoms with Crippen LogP contribution in [0.3, 0.4) is 0 Å². The number of nitrogens with one attached hydrogen (secondary N) is 1. The van der Waals surface area contributed by atoms with E-state index in [1.54, 1.807) is 4.68 Å². The minimum absolute atomic E-state index is 0.636. The van der Waals surface area contributed by atoms with Crippen molar-refractivity contribution >= 4 is 5.69 Å². The van der Waals surface area contributed by atoms with Crippen LogP contribution in [-0.2, 0) is 13.6 Å². The van der Waals surface area contributed by atoms with Crippen molar-refractivity contribution in [2.75, 3.05) is 11.9 Å². The lowest BCUT2D eigenvalue weighted by atomic mass is 10.2. The van der Waals surface area contributed by atoms with Gasteiger partial charge in [-0.15, -0.1) is 5.10 Å². The second kappa shape index (κ2) is 5.53. The standard InChI is InChI=1S/C13H18N4O/c1-4-18-13-7-10(2)5-6-12(13)14-8-11-9-17(3)16-15-11/h5-7,9,14H,4,8H2,1-3H3. The molecule has 0 bridgehead atoms. The number of aryl methyl sites for hydroxylation is 2. The zero-order valence-corrected chi connectivity index (χ0v) is 11.0. The SMILES string of the molecule is CCOc1cc(C)ccc1NCc1cn(C)nn1. The molecule has 0 unspecified atom stereocenters. The third-order valence-electron chi connectivity index (χ3n) is 2.55. The topological polar surface area (TPSA) is 52.0 Å². The first-order chi connectivity index (χ1) is 8.69. The van der Waals surface area contributed by atoms with Gasteiger partial charge in [-0.3, -0.25) is 4.68 Å². The highest BCUT2D eigenvalue weighted by Gasteiger charge is 2.04. The van der Waals surface area contributed by atoms with Crippen LogP contribution in [-0.4, -0.2) is 21.6 Å². The fourth-order valence-corrected chi connectivity index (χ4v) is 1.71. The number of rotatable bonds is 5. The average molecular weight is 246 g/mol. The molecule has 0 aliphatic rings. The maximum atomic E-state index is 5.61. The van der Waals surface area contributed by atoms with Crippen LogP contribution in [0.5, 0.6) is 5.75 Å². The van der Waals surface area contributed by atoms with E-state index in [1.807, 2.05) is 32.3 Å². The van der Waals surface area contributed by atoms with Crippen molar-refractivity contribution < 1.29 is 4.74 Å². The molecule has 0 fully saturated rings. The van der Waals surface area contributed by atoms with E-state index in [4.69, 9.17) is 4.74 Å². The predicted molar refractivity (Wildman–Crippen MR) is 70.7 cm³/mol. The van der Waals surface area contributed by atoms with E-state index in [-0.39, 0.29) is 0 Å². The molecule has 0 atom stereocenters. The smallest absolute Gasteiger partial charge is 0.142 e. The van der Waals surface area contributed by atoms with Crippen molar-refractivity contribution in [3.05, 3.63) is 35.7 Å². The number of ether oxygens (including phenoxy) is 1. The van der Waals surface area contributed by atoms with Gasteiger partial charge in [-0.25, -0.2) is 0 Å². The second-order valence-corrected chi connectivity index (χ2v) is 4.17. The van der Waals surface area contributed by atoms with Gasteiger partial charge in [0.25, 0.3) is 0 Å². The molecule has 5 heteroatoms. The Morgan fingerprint density at radius 3 is 2.89 bits per heavy atom. The molecule has 5 nitrogen and oxygen atoms in total. The van der Waals surface area contributed by atoms with Crippen LogP contribution in [0.1, 0.15) is 18.2 Å². The minimum Gasteiger partial charge on any atom is -0.492 e. The number of benzene rings is 1. The van der Waals surface area contributed by atoms with Crippen molar-refractivity contribution in [3.8, 4) is 5.75 Å². The lowest BCUT2D eigenvalue weighted by molar-refractivity contribution is 0.341. The normalized spacial score (nSPS) is 10.4. The Morgan fingerprint density at radius 2 is 2.22 bits per heavy atom. The van der Waals surface area contributed by atoms with Gasteiger partial charge in [0, 0.05) is 13.2 Å².